The van der Waals surface area contributed by atoms with Crippen molar-refractivity contribution in [3.05, 3.63) is 60.7 Å². The van der Waals surface area contributed by atoms with Crippen molar-refractivity contribution in [2.24, 2.45) is 0 Å². The van der Waals surface area contributed by atoms with Gasteiger partial charge in [-0.15, -0.1) is 5.92 Å². The van der Waals surface area contributed by atoms with Crippen molar-refractivity contribution in [3.8, 4) is 11.8 Å². The molecule has 2 rings (SSSR count). The molecule has 0 amide bonds. The molecule has 118 valence electrons. The fourth-order valence-electron chi connectivity index (χ4n) is 1.71. The van der Waals surface area contributed by atoms with Gasteiger partial charge >= 0.3 is 0 Å². The molecule has 22 heavy (non-hydrogen) atoms. The SMILES string of the molecule is CC.CC#CCN(c1ccccc1)c1ccccc1.CCC. The van der Waals surface area contributed by atoms with E-state index in [1.807, 2.05) is 57.2 Å². The van der Waals surface area contributed by atoms with Gasteiger partial charge in [0, 0.05) is 11.4 Å². The smallest absolute Gasteiger partial charge is 0.0843 e. The van der Waals surface area contributed by atoms with Gasteiger partial charge in [0.15, 0.2) is 0 Å². The molecule has 0 saturated heterocycles. The van der Waals surface area contributed by atoms with Crippen LogP contribution in [-0.4, -0.2) is 6.54 Å². The van der Waals surface area contributed by atoms with E-state index >= 15 is 0 Å². The lowest BCUT2D eigenvalue weighted by molar-refractivity contribution is 1.09. The minimum absolute atomic E-state index is 0.713. The molecule has 0 spiro atoms. The molecule has 0 saturated carbocycles. The number of anilines is 2. The van der Waals surface area contributed by atoms with Gasteiger partial charge in [0.1, 0.15) is 0 Å². The van der Waals surface area contributed by atoms with Gasteiger partial charge < -0.3 is 4.90 Å². The highest BCUT2D eigenvalue weighted by Gasteiger charge is 2.06. The normalized spacial score (nSPS) is 8.23. The quantitative estimate of drug-likeness (QED) is 0.601. The van der Waals surface area contributed by atoms with E-state index in [-0.39, 0.29) is 0 Å². The Morgan fingerprint density at radius 1 is 0.773 bits per heavy atom. The van der Waals surface area contributed by atoms with Crippen molar-refractivity contribution in [2.75, 3.05) is 11.4 Å². The average molecular weight is 295 g/mol. The van der Waals surface area contributed by atoms with Crippen LogP contribution in [0.5, 0.6) is 0 Å². The van der Waals surface area contributed by atoms with Crippen molar-refractivity contribution in [2.45, 2.75) is 41.0 Å². The predicted molar refractivity (Wildman–Crippen MR) is 101 cm³/mol. The van der Waals surface area contributed by atoms with Crippen LogP contribution in [0.25, 0.3) is 0 Å². The zero-order valence-electron chi connectivity index (χ0n) is 14.6. The first-order valence-corrected chi connectivity index (χ1v) is 8.10. The van der Waals surface area contributed by atoms with Crippen molar-refractivity contribution in [1.82, 2.24) is 0 Å². The molecule has 0 aliphatic rings. The standard InChI is InChI=1S/C16H15N.C3H8.C2H6/c1-2-3-14-17(15-10-6-4-7-11-15)16-12-8-5-9-13-16;1-3-2;1-2/h4-13H,14H2,1H3;3H2,1-2H3;1-2H3. The van der Waals surface area contributed by atoms with Gasteiger partial charge in [-0.2, -0.15) is 0 Å². The highest BCUT2D eigenvalue weighted by Crippen LogP contribution is 2.23. The zero-order valence-corrected chi connectivity index (χ0v) is 14.6. The molecule has 0 aliphatic carbocycles. The third-order valence-electron chi connectivity index (χ3n) is 2.55. The van der Waals surface area contributed by atoms with Crippen LogP contribution in [-0.2, 0) is 0 Å². The van der Waals surface area contributed by atoms with Crippen LogP contribution in [0.15, 0.2) is 60.7 Å². The maximum Gasteiger partial charge on any atom is 0.0843 e. The van der Waals surface area contributed by atoms with E-state index in [4.69, 9.17) is 0 Å². The molecule has 0 aliphatic heterocycles. The summed E-state index contributed by atoms with van der Waals surface area (Å²) in [6.45, 7) is 10.8. The third-order valence-corrected chi connectivity index (χ3v) is 2.55. The van der Waals surface area contributed by atoms with Crippen molar-refractivity contribution >= 4 is 11.4 Å². The molecule has 0 bridgehead atoms. The van der Waals surface area contributed by atoms with E-state index in [2.05, 4.69) is 54.9 Å². The second-order valence-electron chi connectivity index (χ2n) is 4.39. The van der Waals surface area contributed by atoms with E-state index in [0.29, 0.717) is 6.54 Å². The van der Waals surface area contributed by atoms with Gasteiger partial charge in [0.2, 0.25) is 0 Å². The first kappa shape index (κ1) is 19.8. The zero-order chi connectivity index (χ0) is 16.6. The minimum Gasteiger partial charge on any atom is -0.330 e. The summed E-state index contributed by atoms with van der Waals surface area (Å²) < 4.78 is 0. The summed E-state index contributed by atoms with van der Waals surface area (Å²) in [4.78, 5) is 2.20. The Morgan fingerprint density at radius 3 is 1.45 bits per heavy atom. The fraction of sp³-hybridized carbons (Fsp3) is 0.333. The Balaban J connectivity index is 0.000000789. The number of hydrogen-bond donors (Lipinski definition) is 0. The molecular formula is C21H29N. The molecule has 0 atom stereocenters. The molecule has 1 heteroatoms. The van der Waals surface area contributed by atoms with Crippen LogP contribution >= 0.6 is 0 Å². The molecule has 0 N–H and O–H groups in total. The average Bonchev–Trinajstić information content (AvgIpc) is 2.60. The Bertz CT molecular complexity index is 481. The first-order valence-electron chi connectivity index (χ1n) is 8.10. The van der Waals surface area contributed by atoms with Crippen LogP contribution in [0.1, 0.15) is 41.0 Å². The molecule has 0 radical (unpaired) electrons. The monoisotopic (exact) mass is 295 g/mol. The molecule has 0 unspecified atom stereocenters. The molecule has 0 aromatic heterocycles. The number of para-hydroxylation sites is 2. The Kier molecular flexibility index (Phi) is 12.4. The molecule has 2 aromatic carbocycles. The van der Waals surface area contributed by atoms with E-state index in [0.717, 1.165) is 0 Å². The summed E-state index contributed by atoms with van der Waals surface area (Å²) in [6.07, 6.45) is 1.25. The number of benzene rings is 2. The van der Waals surface area contributed by atoms with Gasteiger partial charge in [0.25, 0.3) is 0 Å². The van der Waals surface area contributed by atoms with E-state index < -0.39 is 0 Å². The Morgan fingerprint density at radius 2 is 1.14 bits per heavy atom. The lowest BCUT2D eigenvalue weighted by Gasteiger charge is -2.22. The van der Waals surface area contributed by atoms with E-state index in [9.17, 15) is 0 Å². The van der Waals surface area contributed by atoms with E-state index in [1.165, 1.54) is 17.8 Å². The molecule has 0 fully saturated rings. The lowest BCUT2D eigenvalue weighted by atomic mass is 10.2. The van der Waals surface area contributed by atoms with Crippen molar-refractivity contribution in [3.63, 3.8) is 0 Å². The second kappa shape index (κ2) is 13.8. The number of hydrogen-bond acceptors (Lipinski definition) is 1. The summed E-state index contributed by atoms with van der Waals surface area (Å²) in [5.41, 5.74) is 2.34. The molecule has 0 heterocycles. The molecule has 2 aromatic rings. The van der Waals surface area contributed by atoms with Crippen molar-refractivity contribution in [1.29, 1.82) is 0 Å². The maximum atomic E-state index is 3.12. The van der Waals surface area contributed by atoms with Gasteiger partial charge in [-0.1, -0.05) is 76.4 Å². The summed E-state index contributed by atoms with van der Waals surface area (Å²) in [7, 11) is 0. The number of rotatable bonds is 3. The summed E-state index contributed by atoms with van der Waals surface area (Å²) in [5, 5.41) is 0. The Labute approximate surface area is 137 Å². The summed E-state index contributed by atoms with van der Waals surface area (Å²) >= 11 is 0. The Hall–Kier alpha value is -2.20. The van der Waals surface area contributed by atoms with E-state index in [1.54, 1.807) is 0 Å². The fourth-order valence-corrected chi connectivity index (χ4v) is 1.71. The first-order chi connectivity index (χ1) is 10.8. The molecular weight excluding hydrogens is 266 g/mol. The maximum absolute atomic E-state index is 3.12. The van der Waals surface area contributed by atoms with Crippen LogP contribution in [0.2, 0.25) is 0 Å². The van der Waals surface area contributed by atoms with Crippen LogP contribution in [0.3, 0.4) is 0 Å². The topological polar surface area (TPSA) is 3.24 Å². The predicted octanol–water partition coefficient (Wildman–Crippen LogP) is 6.29. The van der Waals surface area contributed by atoms with Gasteiger partial charge in [-0.05, 0) is 31.2 Å². The van der Waals surface area contributed by atoms with Gasteiger partial charge in [-0.3, -0.25) is 0 Å². The highest BCUT2D eigenvalue weighted by molar-refractivity contribution is 5.63. The lowest BCUT2D eigenvalue weighted by Crippen LogP contribution is -2.16. The number of nitrogens with zero attached hydrogens (tertiary/aromatic N) is 1. The highest BCUT2D eigenvalue weighted by atomic mass is 15.1. The largest absolute Gasteiger partial charge is 0.330 e. The second-order valence-corrected chi connectivity index (χ2v) is 4.39. The van der Waals surface area contributed by atoms with Crippen LogP contribution in [0.4, 0.5) is 11.4 Å². The van der Waals surface area contributed by atoms with Gasteiger partial charge in [0.05, 0.1) is 6.54 Å². The summed E-state index contributed by atoms with van der Waals surface area (Å²) in [6, 6.07) is 20.6. The van der Waals surface area contributed by atoms with Gasteiger partial charge in [-0.25, -0.2) is 0 Å². The minimum atomic E-state index is 0.713. The van der Waals surface area contributed by atoms with Crippen LogP contribution < -0.4 is 4.90 Å². The van der Waals surface area contributed by atoms with Crippen molar-refractivity contribution < 1.29 is 0 Å². The third kappa shape index (κ3) is 7.55. The summed E-state index contributed by atoms with van der Waals surface area (Å²) in [5.74, 6) is 6.07. The molecule has 1 nitrogen and oxygen atoms in total. The van der Waals surface area contributed by atoms with Crippen LogP contribution in [0, 0.1) is 11.8 Å².